The van der Waals surface area contributed by atoms with Crippen molar-refractivity contribution in [2.75, 3.05) is 6.61 Å². The lowest BCUT2D eigenvalue weighted by Crippen LogP contribution is -2.19. The maximum atomic E-state index is 11.4. The number of unbranched alkanes of at least 4 members (excludes halogenated alkanes) is 3. The number of hydrogen-bond donors (Lipinski definition) is 0. The Labute approximate surface area is 120 Å². The van der Waals surface area contributed by atoms with E-state index < -0.39 is 12.1 Å². The molecule has 0 radical (unpaired) electrons. The molecule has 0 spiro atoms. The highest BCUT2D eigenvalue weighted by molar-refractivity contribution is 5.83. The minimum Gasteiger partial charge on any atom is -0.466 e. The predicted octanol–water partition coefficient (Wildman–Crippen LogP) is 2.58. The summed E-state index contributed by atoms with van der Waals surface area (Å²) in [7, 11) is 0. The molecule has 0 N–H and O–H groups in total. The fraction of sp³-hybridized carbons (Fsp3) is 0.667. The van der Waals surface area contributed by atoms with E-state index in [1.807, 2.05) is 0 Å². The van der Waals surface area contributed by atoms with Crippen molar-refractivity contribution in [3.63, 3.8) is 0 Å². The van der Waals surface area contributed by atoms with Gasteiger partial charge in [-0.05, 0) is 25.7 Å². The third-order valence-electron chi connectivity index (χ3n) is 2.59. The van der Waals surface area contributed by atoms with Crippen molar-refractivity contribution in [2.45, 2.75) is 58.5 Å². The molecule has 0 aliphatic carbocycles. The molecule has 5 heteroatoms. The van der Waals surface area contributed by atoms with E-state index in [-0.39, 0.29) is 12.6 Å². The third-order valence-corrected chi connectivity index (χ3v) is 2.59. The molecule has 0 aromatic carbocycles. The first-order chi connectivity index (χ1) is 9.60. The molecule has 5 nitrogen and oxygen atoms in total. The van der Waals surface area contributed by atoms with Crippen LogP contribution in [-0.2, 0) is 23.9 Å². The number of esters is 2. The summed E-state index contributed by atoms with van der Waals surface area (Å²) >= 11 is 0. The largest absolute Gasteiger partial charge is 0.466 e. The summed E-state index contributed by atoms with van der Waals surface area (Å²) < 4.78 is 9.71. The van der Waals surface area contributed by atoms with Crippen LogP contribution in [-0.4, -0.2) is 30.9 Å². The van der Waals surface area contributed by atoms with Crippen molar-refractivity contribution in [1.29, 1.82) is 0 Å². The van der Waals surface area contributed by atoms with Gasteiger partial charge in [0.05, 0.1) is 6.61 Å². The van der Waals surface area contributed by atoms with Crippen LogP contribution in [0.5, 0.6) is 0 Å². The standard InChI is InChI=1S/C15H24O5/c1-3-4-5-6-7-10-15(18)20-14(12-16)9-8-11-19-13(2)17/h7,10,12,14H,3-6,8-9,11H2,1-2H3/b10-7+. The van der Waals surface area contributed by atoms with Crippen LogP contribution in [0.3, 0.4) is 0 Å². The van der Waals surface area contributed by atoms with Crippen LogP contribution in [0.15, 0.2) is 12.2 Å². The molecule has 1 unspecified atom stereocenters. The van der Waals surface area contributed by atoms with Crippen molar-refractivity contribution in [3.8, 4) is 0 Å². The lowest BCUT2D eigenvalue weighted by molar-refractivity contribution is -0.147. The Morgan fingerprint density at radius 1 is 1.20 bits per heavy atom. The smallest absolute Gasteiger partial charge is 0.331 e. The van der Waals surface area contributed by atoms with Crippen LogP contribution >= 0.6 is 0 Å². The second-order valence-corrected chi connectivity index (χ2v) is 4.49. The highest BCUT2D eigenvalue weighted by atomic mass is 16.5. The molecule has 0 bridgehead atoms. The number of allylic oxidation sites excluding steroid dienone is 1. The van der Waals surface area contributed by atoms with Crippen LogP contribution in [0.1, 0.15) is 52.4 Å². The Morgan fingerprint density at radius 3 is 2.55 bits per heavy atom. The molecule has 0 amide bonds. The van der Waals surface area contributed by atoms with Gasteiger partial charge in [-0.2, -0.15) is 0 Å². The van der Waals surface area contributed by atoms with E-state index in [1.54, 1.807) is 6.08 Å². The van der Waals surface area contributed by atoms with E-state index >= 15 is 0 Å². The quantitative estimate of drug-likeness (QED) is 0.252. The van der Waals surface area contributed by atoms with Crippen molar-refractivity contribution >= 4 is 18.2 Å². The zero-order valence-electron chi connectivity index (χ0n) is 12.3. The van der Waals surface area contributed by atoms with Gasteiger partial charge in [-0.1, -0.05) is 25.8 Å². The molecular weight excluding hydrogens is 260 g/mol. The Morgan fingerprint density at radius 2 is 1.95 bits per heavy atom. The summed E-state index contributed by atoms with van der Waals surface area (Å²) in [5, 5.41) is 0. The Bertz CT molecular complexity index is 322. The van der Waals surface area contributed by atoms with Crippen molar-refractivity contribution < 1.29 is 23.9 Å². The summed E-state index contributed by atoms with van der Waals surface area (Å²) in [5.74, 6) is -0.870. The van der Waals surface area contributed by atoms with E-state index in [1.165, 1.54) is 13.0 Å². The molecule has 0 rings (SSSR count). The van der Waals surface area contributed by atoms with Crippen LogP contribution in [0.2, 0.25) is 0 Å². The van der Waals surface area contributed by atoms with Gasteiger partial charge in [-0.3, -0.25) is 9.59 Å². The van der Waals surface area contributed by atoms with Crippen molar-refractivity contribution in [3.05, 3.63) is 12.2 Å². The van der Waals surface area contributed by atoms with Gasteiger partial charge in [0.2, 0.25) is 0 Å². The summed E-state index contributed by atoms with van der Waals surface area (Å²) in [6, 6.07) is 0. The highest BCUT2D eigenvalue weighted by Crippen LogP contribution is 2.03. The molecule has 0 fully saturated rings. The molecule has 0 aliphatic rings. The second kappa shape index (κ2) is 12.4. The van der Waals surface area contributed by atoms with Crippen LogP contribution in [0.4, 0.5) is 0 Å². The monoisotopic (exact) mass is 284 g/mol. The summed E-state index contributed by atoms with van der Waals surface area (Å²) in [4.78, 5) is 32.8. The van der Waals surface area contributed by atoms with Crippen molar-refractivity contribution in [1.82, 2.24) is 0 Å². The zero-order chi connectivity index (χ0) is 15.2. The van der Waals surface area contributed by atoms with Gasteiger partial charge in [-0.15, -0.1) is 0 Å². The molecular formula is C15H24O5. The SMILES string of the molecule is CCCCC/C=C/C(=O)OC(C=O)CCCOC(C)=O. The van der Waals surface area contributed by atoms with Crippen LogP contribution in [0, 0.1) is 0 Å². The lowest BCUT2D eigenvalue weighted by Gasteiger charge is -2.10. The van der Waals surface area contributed by atoms with E-state index in [2.05, 4.69) is 6.92 Å². The topological polar surface area (TPSA) is 69.7 Å². The summed E-state index contributed by atoms with van der Waals surface area (Å²) in [6.07, 6.45) is 7.91. The third kappa shape index (κ3) is 11.4. The molecule has 0 aromatic rings. The number of hydrogen-bond acceptors (Lipinski definition) is 5. The zero-order valence-corrected chi connectivity index (χ0v) is 12.3. The fourth-order valence-electron chi connectivity index (χ4n) is 1.54. The lowest BCUT2D eigenvalue weighted by atomic mass is 10.2. The maximum absolute atomic E-state index is 11.4. The number of rotatable bonds is 11. The molecule has 1 atom stereocenters. The first-order valence-corrected chi connectivity index (χ1v) is 7.06. The Hall–Kier alpha value is -1.65. The minimum absolute atomic E-state index is 0.226. The Balaban J connectivity index is 3.82. The number of ether oxygens (including phenoxy) is 2. The number of aldehydes is 1. The van der Waals surface area contributed by atoms with Crippen molar-refractivity contribution in [2.24, 2.45) is 0 Å². The average Bonchev–Trinajstić information content (AvgIpc) is 2.41. The van der Waals surface area contributed by atoms with Gasteiger partial charge in [0, 0.05) is 13.0 Å². The minimum atomic E-state index is -0.779. The van der Waals surface area contributed by atoms with Gasteiger partial charge < -0.3 is 9.47 Å². The van der Waals surface area contributed by atoms with E-state index in [0.717, 1.165) is 25.7 Å². The normalized spacial score (nSPS) is 12.1. The van der Waals surface area contributed by atoms with Gasteiger partial charge >= 0.3 is 11.9 Å². The molecule has 20 heavy (non-hydrogen) atoms. The van der Waals surface area contributed by atoms with Gasteiger partial charge in [0.1, 0.15) is 0 Å². The van der Waals surface area contributed by atoms with E-state index in [9.17, 15) is 14.4 Å². The fourth-order valence-corrected chi connectivity index (χ4v) is 1.54. The Kier molecular flexibility index (Phi) is 11.4. The number of carbonyl (C=O) groups is 3. The van der Waals surface area contributed by atoms with Gasteiger partial charge in [0.25, 0.3) is 0 Å². The molecule has 0 saturated carbocycles. The first kappa shape index (κ1) is 18.4. The predicted molar refractivity (Wildman–Crippen MR) is 75.1 cm³/mol. The molecule has 0 aromatic heterocycles. The van der Waals surface area contributed by atoms with Crippen LogP contribution in [0.25, 0.3) is 0 Å². The molecule has 0 aliphatic heterocycles. The highest BCUT2D eigenvalue weighted by Gasteiger charge is 2.11. The van der Waals surface area contributed by atoms with Crippen LogP contribution < -0.4 is 0 Å². The molecule has 0 saturated heterocycles. The van der Waals surface area contributed by atoms with Gasteiger partial charge in [-0.25, -0.2) is 4.79 Å². The van der Waals surface area contributed by atoms with E-state index in [0.29, 0.717) is 19.1 Å². The maximum Gasteiger partial charge on any atom is 0.331 e. The summed E-state index contributed by atoms with van der Waals surface area (Å²) in [5.41, 5.74) is 0. The summed E-state index contributed by atoms with van der Waals surface area (Å²) in [6.45, 7) is 3.66. The molecule has 114 valence electrons. The first-order valence-electron chi connectivity index (χ1n) is 7.06. The van der Waals surface area contributed by atoms with Gasteiger partial charge in [0.15, 0.2) is 12.4 Å². The molecule has 0 heterocycles. The second-order valence-electron chi connectivity index (χ2n) is 4.49. The number of carbonyl (C=O) groups excluding carboxylic acids is 3. The average molecular weight is 284 g/mol. The van der Waals surface area contributed by atoms with E-state index in [4.69, 9.17) is 9.47 Å².